The quantitative estimate of drug-likeness (QED) is 0.276. The van der Waals surface area contributed by atoms with Crippen molar-refractivity contribution in [1.29, 1.82) is 0 Å². The predicted octanol–water partition coefficient (Wildman–Crippen LogP) is 4.73. The number of aryl methyl sites for hydroxylation is 1. The van der Waals surface area contributed by atoms with Gasteiger partial charge in [0.05, 0.1) is 66.4 Å². The summed E-state index contributed by atoms with van der Waals surface area (Å²) in [6.07, 6.45) is 0. The third-order valence-electron chi connectivity index (χ3n) is 6.66. The van der Waals surface area contributed by atoms with Gasteiger partial charge in [-0.3, -0.25) is 0 Å². The lowest BCUT2D eigenvalue weighted by atomic mass is 10.2. The Bertz CT molecular complexity index is 1430. The fraction of sp³-hybridized carbons (Fsp3) is 0.481. The second-order valence-corrected chi connectivity index (χ2v) is 12.8. The summed E-state index contributed by atoms with van der Waals surface area (Å²) in [6, 6.07) is 10.8. The van der Waals surface area contributed by atoms with E-state index in [1.54, 1.807) is 30.3 Å². The fourth-order valence-corrected chi connectivity index (χ4v) is 6.28. The molecule has 4 heterocycles. The van der Waals surface area contributed by atoms with Crippen molar-refractivity contribution in [3.63, 3.8) is 0 Å². The third-order valence-corrected chi connectivity index (χ3v) is 8.93. The normalized spacial score (nSPS) is 19.5. The largest absolute Gasteiger partial charge is 0.377 e. The Hall–Kier alpha value is -2.28. The van der Waals surface area contributed by atoms with E-state index in [1.165, 1.54) is 0 Å². The lowest BCUT2D eigenvalue weighted by molar-refractivity contribution is 0.0985. The summed E-state index contributed by atoms with van der Waals surface area (Å²) in [4.78, 5) is 21.1. The van der Waals surface area contributed by atoms with E-state index in [0.29, 0.717) is 56.4 Å². The van der Waals surface area contributed by atoms with Crippen molar-refractivity contribution >= 4 is 56.3 Å². The van der Waals surface area contributed by atoms with Crippen LogP contribution >= 0.6 is 34.8 Å². The van der Waals surface area contributed by atoms with Crippen molar-refractivity contribution in [3.8, 4) is 0 Å². The molecule has 41 heavy (non-hydrogen) atoms. The standard InChI is InChI=1S/C17H20ClN3O3S.C10H13Cl2N3O/c1-12-3-5-15(6-4-12)25(22,23)11-14-9-16(20-17(18)19-14)21-7-8-24-10-13(21)2;1-7-6-16-3-2-15(7)9-4-8(5-11)13-10(12)14-9/h3-6,9,13H,7-8,10-11H2,1-2H3;4,7H,2-3,5-6H2,1H3/t13-;7-/m00/s1. The molecule has 2 atom stereocenters. The maximum atomic E-state index is 12.6. The van der Waals surface area contributed by atoms with Crippen molar-refractivity contribution in [2.45, 2.75) is 49.4 Å². The minimum Gasteiger partial charge on any atom is -0.377 e. The van der Waals surface area contributed by atoms with Gasteiger partial charge in [-0.15, -0.1) is 11.6 Å². The second kappa shape index (κ2) is 14.3. The lowest BCUT2D eigenvalue weighted by Gasteiger charge is -2.34. The first-order valence-corrected chi connectivity index (χ1v) is 16.1. The van der Waals surface area contributed by atoms with Gasteiger partial charge in [0.1, 0.15) is 11.6 Å². The molecule has 5 rings (SSSR count). The molecule has 2 aliphatic heterocycles. The molecule has 14 heteroatoms. The van der Waals surface area contributed by atoms with Crippen molar-refractivity contribution in [2.24, 2.45) is 0 Å². The first-order chi connectivity index (χ1) is 19.6. The van der Waals surface area contributed by atoms with Gasteiger partial charge in [0.25, 0.3) is 0 Å². The predicted molar refractivity (Wildman–Crippen MR) is 161 cm³/mol. The summed E-state index contributed by atoms with van der Waals surface area (Å²) in [7, 11) is -3.50. The van der Waals surface area contributed by atoms with Gasteiger partial charge in [0.2, 0.25) is 10.6 Å². The first kappa shape index (κ1) is 31.7. The first-order valence-electron chi connectivity index (χ1n) is 13.2. The fourth-order valence-electron chi connectivity index (χ4n) is 4.50. The number of morpholine rings is 2. The molecule has 3 aromatic rings. The van der Waals surface area contributed by atoms with Crippen LogP contribution in [0.15, 0.2) is 41.3 Å². The highest BCUT2D eigenvalue weighted by molar-refractivity contribution is 7.90. The van der Waals surface area contributed by atoms with Gasteiger partial charge in [0, 0.05) is 25.2 Å². The van der Waals surface area contributed by atoms with E-state index < -0.39 is 9.84 Å². The summed E-state index contributed by atoms with van der Waals surface area (Å²) < 4.78 is 36.1. The van der Waals surface area contributed by atoms with Crippen LogP contribution in [-0.4, -0.2) is 80.0 Å². The van der Waals surface area contributed by atoms with Crippen LogP contribution in [0.1, 0.15) is 30.8 Å². The van der Waals surface area contributed by atoms with Gasteiger partial charge >= 0.3 is 0 Å². The molecule has 0 unspecified atom stereocenters. The number of rotatable bonds is 6. The maximum Gasteiger partial charge on any atom is 0.224 e. The zero-order chi connectivity index (χ0) is 29.6. The van der Waals surface area contributed by atoms with Crippen LogP contribution in [0.25, 0.3) is 0 Å². The summed E-state index contributed by atoms with van der Waals surface area (Å²) in [5.41, 5.74) is 2.14. The number of hydrogen-bond acceptors (Lipinski definition) is 10. The van der Waals surface area contributed by atoms with E-state index in [9.17, 15) is 8.42 Å². The van der Waals surface area contributed by atoms with E-state index in [0.717, 1.165) is 23.6 Å². The van der Waals surface area contributed by atoms with Crippen LogP contribution in [0.5, 0.6) is 0 Å². The number of benzene rings is 1. The van der Waals surface area contributed by atoms with E-state index >= 15 is 0 Å². The van der Waals surface area contributed by atoms with Crippen LogP contribution in [0.2, 0.25) is 10.6 Å². The van der Waals surface area contributed by atoms with Gasteiger partial charge in [0.15, 0.2) is 9.84 Å². The Labute approximate surface area is 255 Å². The minimum atomic E-state index is -3.50. The van der Waals surface area contributed by atoms with E-state index in [2.05, 4.69) is 36.7 Å². The molecule has 0 aliphatic carbocycles. The van der Waals surface area contributed by atoms with Crippen molar-refractivity contribution in [1.82, 2.24) is 19.9 Å². The molecule has 2 fully saturated rings. The topological polar surface area (TPSA) is 111 Å². The molecule has 0 N–H and O–H groups in total. The zero-order valence-electron chi connectivity index (χ0n) is 23.1. The third kappa shape index (κ3) is 8.62. The highest BCUT2D eigenvalue weighted by atomic mass is 35.5. The van der Waals surface area contributed by atoms with Crippen LogP contribution in [0.4, 0.5) is 11.6 Å². The summed E-state index contributed by atoms with van der Waals surface area (Å²) in [5, 5.41) is 0.289. The van der Waals surface area contributed by atoms with Gasteiger partial charge in [-0.1, -0.05) is 17.7 Å². The van der Waals surface area contributed by atoms with Crippen molar-refractivity contribution in [2.75, 3.05) is 49.3 Å². The monoisotopic (exact) mass is 642 g/mol. The van der Waals surface area contributed by atoms with Crippen LogP contribution in [0, 0.1) is 6.92 Å². The number of aromatic nitrogens is 4. The van der Waals surface area contributed by atoms with Crippen LogP contribution < -0.4 is 9.80 Å². The molecule has 0 bridgehead atoms. The number of ether oxygens (including phenoxy) is 2. The molecular weight excluding hydrogens is 611 g/mol. The Morgan fingerprint density at radius 3 is 1.80 bits per heavy atom. The second-order valence-electron chi connectivity index (χ2n) is 9.91. The van der Waals surface area contributed by atoms with Gasteiger partial charge < -0.3 is 19.3 Å². The number of halogens is 3. The van der Waals surface area contributed by atoms with Gasteiger partial charge in [-0.2, -0.15) is 0 Å². The molecule has 10 nitrogen and oxygen atoms in total. The Balaban J connectivity index is 0.000000208. The molecule has 0 spiro atoms. The van der Waals surface area contributed by atoms with Crippen molar-refractivity contribution < 1.29 is 17.9 Å². The van der Waals surface area contributed by atoms with Crippen LogP contribution in [-0.2, 0) is 30.9 Å². The number of anilines is 2. The Morgan fingerprint density at radius 2 is 1.32 bits per heavy atom. The lowest BCUT2D eigenvalue weighted by Crippen LogP contribution is -2.44. The Kier molecular flexibility index (Phi) is 11.0. The molecule has 0 saturated carbocycles. The summed E-state index contributed by atoms with van der Waals surface area (Å²) in [5.74, 6) is 1.58. The van der Waals surface area contributed by atoms with Crippen LogP contribution in [0.3, 0.4) is 0 Å². The molecule has 2 aliphatic rings. The molecule has 0 radical (unpaired) electrons. The Morgan fingerprint density at radius 1 is 0.829 bits per heavy atom. The smallest absolute Gasteiger partial charge is 0.224 e. The molecule has 2 saturated heterocycles. The maximum absolute atomic E-state index is 12.6. The number of hydrogen-bond donors (Lipinski definition) is 0. The van der Waals surface area contributed by atoms with E-state index in [-0.39, 0.29) is 27.3 Å². The molecule has 1 aromatic carbocycles. The average molecular weight is 644 g/mol. The highest BCUT2D eigenvalue weighted by Crippen LogP contribution is 2.23. The summed E-state index contributed by atoms with van der Waals surface area (Å²) in [6.45, 7) is 10.1. The molecular formula is C27H33Cl3N6O4S. The minimum absolute atomic E-state index is 0.0466. The molecule has 0 amide bonds. The zero-order valence-corrected chi connectivity index (χ0v) is 26.2. The SMILES string of the molecule is C[C@H]1COCCN1c1cc(CCl)nc(Cl)n1.Cc1ccc(S(=O)(=O)Cc2cc(N3CCOC[C@@H]3C)nc(Cl)n2)cc1. The summed E-state index contributed by atoms with van der Waals surface area (Å²) >= 11 is 17.6. The number of sulfone groups is 1. The van der Waals surface area contributed by atoms with E-state index in [1.807, 2.05) is 19.9 Å². The number of alkyl halides is 1. The van der Waals surface area contributed by atoms with Gasteiger partial charge in [-0.05, 0) is 56.1 Å². The molecule has 222 valence electrons. The van der Waals surface area contributed by atoms with E-state index in [4.69, 9.17) is 44.3 Å². The van der Waals surface area contributed by atoms with Gasteiger partial charge in [-0.25, -0.2) is 28.4 Å². The average Bonchev–Trinajstić information content (AvgIpc) is 2.93. The molecule has 2 aromatic heterocycles. The highest BCUT2D eigenvalue weighted by Gasteiger charge is 2.24. The number of nitrogens with zero attached hydrogens (tertiary/aromatic N) is 6. The van der Waals surface area contributed by atoms with Crippen molar-refractivity contribution in [3.05, 3.63) is 63.9 Å².